The van der Waals surface area contributed by atoms with Gasteiger partial charge in [-0.25, -0.2) is 4.39 Å². The van der Waals surface area contributed by atoms with Crippen molar-refractivity contribution in [1.82, 2.24) is 24.9 Å². The summed E-state index contributed by atoms with van der Waals surface area (Å²) in [5.41, 5.74) is 2.95. The summed E-state index contributed by atoms with van der Waals surface area (Å²) < 4.78 is 16.6. The zero-order valence-electron chi connectivity index (χ0n) is 14.5. The predicted octanol–water partition coefficient (Wildman–Crippen LogP) is 2.95. The normalized spacial score (nSPS) is 10.7. The molecule has 0 radical (unpaired) electrons. The van der Waals surface area contributed by atoms with E-state index in [2.05, 4.69) is 20.8 Å². The summed E-state index contributed by atoms with van der Waals surface area (Å²) in [5, 5.41) is 15.4. The summed E-state index contributed by atoms with van der Waals surface area (Å²) >= 11 is 5.30. The molecule has 3 aromatic rings. The van der Waals surface area contributed by atoms with Gasteiger partial charge in [-0.1, -0.05) is 12.1 Å². The van der Waals surface area contributed by atoms with E-state index in [1.165, 1.54) is 12.1 Å². The average molecular weight is 372 g/mol. The van der Waals surface area contributed by atoms with Crippen LogP contribution in [-0.2, 0) is 13.1 Å². The lowest BCUT2D eigenvalue weighted by Crippen LogP contribution is -2.29. The van der Waals surface area contributed by atoms with Gasteiger partial charge in [0.1, 0.15) is 5.82 Å². The number of aromatic nitrogens is 4. The van der Waals surface area contributed by atoms with Crippen molar-refractivity contribution < 1.29 is 4.39 Å². The minimum Gasteiger partial charge on any atom is -0.362 e. The third-order valence-corrected chi connectivity index (χ3v) is 4.01. The summed E-state index contributed by atoms with van der Waals surface area (Å²) in [6.07, 6.45) is 8.37. The Morgan fingerprint density at radius 2 is 1.88 bits per heavy atom. The van der Waals surface area contributed by atoms with E-state index in [1.54, 1.807) is 23.0 Å². The molecular weight excluding hydrogens is 351 g/mol. The third-order valence-electron chi connectivity index (χ3n) is 3.76. The molecule has 0 fully saturated rings. The second-order valence-corrected chi connectivity index (χ2v) is 6.48. The first-order valence-electron chi connectivity index (χ1n) is 8.39. The number of hydrogen-bond acceptors (Lipinski definition) is 3. The van der Waals surface area contributed by atoms with Crippen molar-refractivity contribution in [2.75, 3.05) is 11.9 Å². The molecule has 0 amide bonds. The summed E-state index contributed by atoms with van der Waals surface area (Å²) in [5.74, 6) is -0.240. The van der Waals surface area contributed by atoms with Crippen LogP contribution in [0.4, 0.5) is 10.1 Å². The molecule has 0 aliphatic carbocycles. The molecule has 0 unspecified atom stereocenters. The quantitative estimate of drug-likeness (QED) is 0.493. The maximum absolute atomic E-state index is 12.9. The minimum atomic E-state index is -0.240. The number of rotatable bonds is 7. The van der Waals surface area contributed by atoms with E-state index < -0.39 is 0 Å². The lowest BCUT2D eigenvalue weighted by molar-refractivity contribution is 0.573. The van der Waals surface area contributed by atoms with Gasteiger partial charge in [-0.2, -0.15) is 10.2 Å². The highest BCUT2D eigenvalue weighted by Gasteiger charge is 2.03. The second-order valence-electron chi connectivity index (χ2n) is 6.07. The fraction of sp³-hybridized carbons (Fsp3) is 0.278. The molecular formula is C18H21FN6S. The Kier molecular flexibility index (Phi) is 5.96. The molecule has 8 heteroatoms. The number of anilines is 1. The van der Waals surface area contributed by atoms with Gasteiger partial charge in [0.05, 0.1) is 24.6 Å². The number of halogens is 1. The van der Waals surface area contributed by atoms with Crippen LogP contribution in [-0.4, -0.2) is 31.2 Å². The number of benzene rings is 1. The molecule has 136 valence electrons. The third kappa shape index (κ3) is 5.38. The summed E-state index contributed by atoms with van der Waals surface area (Å²) in [4.78, 5) is 0. The first-order valence-corrected chi connectivity index (χ1v) is 8.80. The minimum absolute atomic E-state index is 0.240. The van der Waals surface area contributed by atoms with Crippen LogP contribution in [0.25, 0.3) is 0 Å². The van der Waals surface area contributed by atoms with E-state index in [9.17, 15) is 4.39 Å². The number of nitrogens with zero attached hydrogens (tertiary/aromatic N) is 4. The lowest BCUT2D eigenvalue weighted by Gasteiger charge is -2.09. The van der Waals surface area contributed by atoms with Gasteiger partial charge in [0.15, 0.2) is 5.11 Å². The first-order chi connectivity index (χ1) is 12.6. The van der Waals surface area contributed by atoms with Gasteiger partial charge < -0.3 is 10.6 Å². The van der Waals surface area contributed by atoms with Crippen LogP contribution in [0, 0.1) is 12.7 Å². The van der Waals surface area contributed by atoms with Gasteiger partial charge in [-0.15, -0.1) is 0 Å². The van der Waals surface area contributed by atoms with Crippen molar-refractivity contribution in [3.05, 3.63) is 66.0 Å². The second kappa shape index (κ2) is 8.57. The Balaban J connectivity index is 1.40. The number of hydrogen-bond donors (Lipinski definition) is 2. The molecule has 26 heavy (non-hydrogen) atoms. The molecule has 0 atom stereocenters. The maximum atomic E-state index is 12.9. The van der Waals surface area contributed by atoms with Crippen LogP contribution < -0.4 is 10.6 Å². The molecule has 0 saturated carbocycles. The Bertz CT molecular complexity index is 855. The van der Waals surface area contributed by atoms with Gasteiger partial charge in [-0.05, 0) is 48.8 Å². The zero-order chi connectivity index (χ0) is 18.4. The topological polar surface area (TPSA) is 59.7 Å². The Morgan fingerprint density at radius 3 is 2.62 bits per heavy atom. The first kappa shape index (κ1) is 18.1. The van der Waals surface area contributed by atoms with E-state index in [4.69, 9.17) is 12.2 Å². The van der Waals surface area contributed by atoms with E-state index in [0.717, 1.165) is 36.3 Å². The van der Waals surface area contributed by atoms with Gasteiger partial charge in [0.2, 0.25) is 0 Å². The van der Waals surface area contributed by atoms with Crippen LogP contribution in [0.2, 0.25) is 0 Å². The van der Waals surface area contributed by atoms with Crippen LogP contribution in [0.5, 0.6) is 0 Å². The summed E-state index contributed by atoms with van der Waals surface area (Å²) in [6, 6.07) is 6.39. The molecule has 0 aliphatic rings. The van der Waals surface area contributed by atoms with Crippen LogP contribution in [0.3, 0.4) is 0 Å². The molecule has 0 aliphatic heterocycles. The Labute approximate surface area is 157 Å². The molecule has 0 saturated heterocycles. The van der Waals surface area contributed by atoms with Gasteiger partial charge in [-0.3, -0.25) is 9.36 Å². The van der Waals surface area contributed by atoms with Crippen LogP contribution >= 0.6 is 12.2 Å². The smallest absolute Gasteiger partial charge is 0.170 e. The van der Waals surface area contributed by atoms with Crippen molar-refractivity contribution in [1.29, 1.82) is 0 Å². The van der Waals surface area contributed by atoms with Gasteiger partial charge in [0, 0.05) is 25.5 Å². The van der Waals surface area contributed by atoms with Gasteiger partial charge in [0.25, 0.3) is 0 Å². The van der Waals surface area contributed by atoms with Crippen molar-refractivity contribution >= 4 is 23.0 Å². The summed E-state index contributed by atoms with van der Waals surface area (Å²) in [6.45, 7) is 4.20. The van der Waals surface area contributed by atoms with E-state index in [0.29, 0.717) is 11.7 Å². The maximum Gasteiger partial charge on any atom is 0.170 e. The molecule has 1 aromatic carbocycles. The Morgan fingerprint density at radius 1 is 1.12 bits per heavy atom. The van der Waals surface area contributed by atoms with Crippen molar-refractivity contribution in [3.63, 3.8) is 0 Å². The van der Waals surface area contributed by atoms with Crippen LogP contribution in [0.1, 0.15) is 17.5 Å². The highest BCUT2D eigenvalue weighted by atomic mass is 32.1. The molecule has 2 N–H and O–H groups in total. The summed E-state index contributed by atoms with van der Waals surface area (Å²) in [7, 11) is 0. The highest BCUT2D eigenvalue weighted by Crippen LogP contribution is 2.09. The Hall–Kier alpha value is -2.74. The van der Waals surface area contributed by atoms with Gasteiger partial charge >= 0.3 is 0 Å². The molecule has 2 aromatic heterocycles. The van der Waals surface area contributed by atoms with Crippen molar-refractivity contribution in [3.8, 4) is 0 Å². The zero-order valence-corrected chi connectivity index (χ0v) is 15.3. The fourth-order valence-electron chi connectivity index (χ4n) is 2.50. The standard InChI is InChI=1S/C18H21FN6S/c1-14-9-21-24(11-14)8-2-7-20-18(26)23-17-10-22-25(13-17)12-15-3-5-16(19)6-4-15/h3-6,9-11,13H,2,7-8,12H2,1H3,(H2,20,23,26). The largest absolute Gasteiger partial charge is 0.362 e. The van der Waals surface area contributed by atoms with Crippen molar-refractivity contribution in [2.45, 2.75) is 26.4 Å². The monoisotopic (exact) mass is 372 g/mol. The highest BCUT2D eigenvalue weighted by molar-refractivity contribution is 7.80. The molecule has 0 spiro atoms. The average Bonchev–Trinajstić information content (AvgIpc) is 3.23. The van der Waals surface area contributed by atoms with Crippen LogP contribution in [0.15, 0.2) is 49.1 Å². The number of nitrogens with one attached hydrogen (secondary N) is 2. The molecule has 0 bridgehead atoms. The predicted molar refractivity (Wildman–Crippen MR) is 104 cm³/mol. The molecule has 2 heterocycles. The fourth-order valence-corrected chi connectivity index (χ4v) is 2.72. The molecule has 6 nitrogen and oxygen atoms in total. The SMILES string of the molecule is Cc1cnn(CCCNC(=S)Nc2cnn(Cc3ccc(F)cc3)c2)c1. The lowest BCUT2D eigenvalue weighted by atomic mass is 10.2. The molecule has 3 rings (SSSR count). The number of aryl methyl sites for hydroxylation is 2. The van der Waals surface area contributed by atoms with Crippen molar-refractivity contribution in [2.24, 2.45) is 0 Å². The number of thiocarbonyl (C=S) groups is 1. The van der Waals surface area contributed by atoms with E-state index in [1.807, 2.05) is 30.2 Å². The van der Waals surface area contributed by atoms with E-state index >= 15 is 0 Å². The van der Waals surface area contributed by atoms with E-state index in [-0.39, 0.29) is 5.82 Å².